The van der Waals surface area contributed by atoms with Crippen molar-refractivity contribution >= 4 is 39.5 Å². The van der Waals surface area contributed by atoms with Gasteiger partial charge in [-0.3, -0.25) is 37.3 Å². The van der Waals surface area contributed by atoms with Crippen LogP contribution in [-0.4, -0.2) is 96.7 Å². The highest BCUT2D eigenvalue weighted by molar-refractivity contribution is 7.47. The fourth-order valence-electron chi connectivity index (χ4n) is 9.44. The topological polar surface area (TPSA) is 237 Å². The second-order valence-corrected chi connectivity index (χ2v) is 27.6. The van der Waals surface area contributed by atoms with Crippen molar-refractivity contribution in [3.63, 3.8) is 0 Å². The van der Waals surface area contributed by atoms with Crippen molar-refractivity contribution in [1.82, 2.24) is 0 Å². The normalized spacial score (nSPS) is 14.8. The van der Waals surface area contributed by atoms with Crippen LogP contribution in [0.3, 0.4) is 0 Å². The predicted molar refractivity (Wildman–Crippen MR) is 344 cm³/mol. The first-order valence-electron chi connectivity index (χ1n) is 34.2. The highest BCUT2D eigenvalue weighted by Crippen LogP contribution is 2.45. The summed E-state index contributed by atoms with van der Waals surface area (Å²) in [5.74, 6) is -0.0318. The number of phosphoric ester groups is 2. The third-order valence-electron chi connectivity index (χ3n) is 15.1. The number of phosphoric acid groups is 2. The summed E-state index contributed by atoms with van der Waals surface area (Å²) in [5.41, 5.74) is 0. The van der Waals surface area contributed by atoms with Crippen LogP contribution >= 0.6 is 15.6 Å². The molecule has 19 heteroatoms. The molecule has 0 aromatic heterocycles. The Labute approximate surface area is 522 Å². The third kappa shape index (κ3) is 59.2. The summed E-state index contributed by atoms with van der Waals surface area (Å²) in [4.78, 5) is 72.3. The van der Waals surface area contributed by atoms with Gasteiger partial charge in [0.15, 0.2) is 12.2 Å². The van der Waals surface area contributed by atoms with Gasteiger partial charge < -0.3 is 33.8 Å². The van der Waals surface area contributed by atoms with Crippen LogP contribution in [0.25, 0.3) is 0 Å². The molecule has 0 aliphatic rings. The van der Waals surface area contributed by atoms with Crippen LogP contribution in [0.1, 0.15) is 305 Å². The van der Waals surface area contributed by atoms with Gasteiger partial charge in [0.25, 0.3) is 0 Å². The van der Waals surface area contributed by atoms with E-state index in [9.17, 15) is 43.2 Å². The van der Waals surface area contributed by atoms with Crippen LogP contribution in [0.5, 0.6) is 0 Å². The zero-order chi connectivity index (χ0) is 63.8. The van der Waals surface area contributed by atoms with Crippen molar-refractivity contribution in [3.05, 3.63) is 24.3 Å². The molecule has 3 N–H and O–H groups in total. The number of aliphatic hydroxyl groups excluding tert-OH is 1. The molecule has 0 aliphatic heterocycles. The highest BCUT2D eigenvalue weighted by Gasteiger charge is 2.30. The fourth-order valence-corrected chi connectivity index (χ4v) is 11.0. The molecule has 0 heterocycles. The van der Waals surface area contributed by atoms with E-state index < -0.39 is 97.5 Å². The first kappa shape index (κ1) is 83.5. The number of hydrogen-bond acceptors (Lipinski definition) is 15. The monoisotopic (exact) mass is 1260 g/mol. The van der Waals surface area contributed by atoms with Crippen LogP contribution in [0.4, 0.5) is 0 Å². The average molecular weight is 1270 g/mol. The number of esters is 4. The molecule has 0 aliphatic carbocycles. The van der Waals surface area contributed by atoms with E-state index in [4.69, 9.17) is 37.0 Å². The lowest BCUT2D eigenvalue weighted by Gasteiger charge is -2.21. The summed E-state index contributed by atoms with van der Waals surface area (Å²) in [5, 5.41) is 10.5. The highest BCUT2D eigenvalue weighted by atomic mass is 31.2. The zero-order valence-corrected chi connectivity index (χ0v) is 57.0. The Morgan fingerprint density at radius 2 is 0.686 bits per heavy atom. The van der Waals surface area contributed by atoms with Gasteiger partial charge in [0.1, 0.15) is 19.3 Å². The molecule has 0 saturated carbocycles. The number of carbonyl (C=O) groups excluding carboxylic acids is 4. The lowest BCUT2D eigenvalue weighted by molar-refractivity contribution is -0.161. The van der Waals surface area contributed by atoms with E-state index >= 15 is 0 Å². The molecule has 0 fully saturated rings. The molecule has 86 heavy (non-hydrogen) atoms. The number of ether oxygens (including phenoxy) is 4. The fraction of sp³-hybridized carbons (Fsp3) is 0.881. The second kappa shape index (κ2) is 57.7. The summed E-state index contributed by atoms with van der Waals surface area (Å²) in [6.07, 6.45) is 42.7. The number of aliphatic hydroxyl groups is 1. The molecular formula is C67H126O17P2. The summed E-state index contributed by atoms with van der Waals surface area (Å²) >= 11 is 0. The van der Waals surface area contributed by atoms with Crippen molar-refractivity contribution in [2.75, 3.05) is 39.6 Å². The van der Waals surface area contributed by atoms with Gasteiger partial charge in [-0.25, -0.2) is 9.13 Å². The quantitative estimate of drug-likeness (QED) is 0.0169. The van der Waals surface area contributed by atoms with Crippen LogP contribution in [-0.2, 0) is 65.4 Å². The summed E-state index contributed by atoms with van der Waals surface area (Å²) in [6, 6.07) is 0. The molecule has 4 unspecified atom stereocenters. The Bertz CT molecular complexity index is 1790. The van der Waals surface area contributed by atoms with Crippen LogP contribution in [0.15, 0.2) is 24.3 Å². The van der Waals surface area contributed by atoms with Crippen molar-refractivity contribution in [2.45, 2.75) is 324 Å². The zero-order valence-electron chi connectivity index (χ0n) is 55.3. The second-order valence-electron chi connectivity index (χ2n) is 24.7. The Balaban J connectivity index is 5.26. The van der Waals surface area contributed by atoms with E-state index in [-0.39, 0.29) is 25.7 Å². The maximum atomic E-state index is 13.0. The first-order valence-corrected chi connectivity index (χ1v) is 37.2. The van der Waals surface area contributed by atoms with E-state index in [1.54, 1.807) is 0 Å². The minimum Gasteiger partial charge on any atom is -0.462 e. The smallest absolute Gasteiger partial charge is 0.462 e. The Morgan fingerprint density at radius 3 is 1.03 bits per heavy atom. The Hall–Kier alpha value is -2.46. The summed E-state index contributed by atoms with van der Waals surface area (Å²) in [6.45, 7) is 11.6. The van der Waals surface area contributed by atoms with Crippen LogP contribution < -0.4 is 0 Å². The van der Waals surface area contributed by atoms with Gasteiger partial charge in [0.2, 0.25) is 0 Å². The van der Waals surface area contributed by atoms with Gasteiger partial charge in [0.05, 0.1) is 26.4 Å². The average Bonchev–Trinajstić information content (AvgIpc) is 3.69. The molecule has 506 valence electrons. The van der Waals surface area contributed by atoms with E-state index in [2.05, 4.69) is 72.8 Å². The van der Waals surface area contributed by atoms with Crippen molar-refractivity contribution < 1.29 is 80.2 Å². The van der Waals surface area contributed by atoms with Gasteiger partial charge in [-0.05, 0) is 69.1 Å². The van der Waals surface area contributed by atoms with Crippen LogP contribution in [0.2, 0.25) is 0 Å². The molecule has 0 aromatic carbocycles. The molecule has 0 amide bonds. The largest absolute Gasteiger partial charge is 0.472 e. The van der Waals surface area contributed by atoms with Gasteiger partial charge in [0, 0.05) is 25.7 Å². The standard InChI is InChI=1S/C67H126O17P2/c1-8-10-11-12-13-14-15-16-17-18-19-20-26-34-41-48-64(69)77-54-62(83-66(71)50-43-36-28-23-25-32-39-46-59(5)6)56-81-85(73,74)79-52-61(68)53-80-86(75,76)82-57-63(84-67(72)51-44-37-30-29-33-40-47-60(7)9-2)55-78-65(70)49-42-35-27-22-21-24-31-38-45-58(3)4/h14-17,58-63,68H,8-13,18-57H2,1-7H3,(H,73,74)(H,75,76)/b15-14-,17-16-/t60?,61?,62-,63-/m1/s1. The van der Waals surface area contributed by atoms with E-state index in [0.717, 1.165) is 121 Å². The molecule has 0 rings (SSSR count). The number of rotatable bonds is 63. The van der Waals surface area contributed by atoms with E-state index in [1.165, 1.54) is 96.3 Å². The molecule has 0 aromatic rings. The Morgan fingerprint density at radius 1 is 0.384 bits per heavy atom. The van der Waals surface area contributed by atoms with Gasteiger partial charge >= 0.3 is 39.5 Å². The lowest BCUT2D eigenvalue weighted by atomic mass is 10.00. The minimum atomic E-state index is -4.95. The van der Waals surface area contributed by atoms with Crippen molar-refractivity contribution in [3.8, 4) is 0 Å². The Kier molecular flexibility index (Phi) is 56.0. The van der Waals surface area contributed by atoms with Gasteiger partial charge in [-0.15, -0.1) is 0 Å². The molecule has 17 nitrogen and oxygen atoms in total. The lowest BCUT2D eigenvalue weighted by Crippen LogP contribution is -2.30. The van der Waals surface area contributed by atoms with E-state index in [1.807, 2.05) is 0 Å². The summed E-state index contributed by atoms with van der Waals surface area (Å²) < 4.78 is 68.0. The third-order valence-corrected chi connectivity index (χ3v) is 17.0. The summed E-state index contributed by atoms with van der Waals surface area (Å²) in [7, 11) is -9.91. The number of allylic oxidation sites excluding steroid dienone is 4. The van der Waals surface area contributed by atoms with Crippen molar-refractivity contribution in [1.29, 1.82) is 0 Å². The molecule has 0 saturated heterocycles. The maximum absolute atomic E-state index is 13.0. The first-order chi connectivity index (χ1) is 41.3. The molecule has 0 bridgehead atoms. The number of hydrogen-bond donors (Lipinski definition) is 3. The predicted octanol–water partition coefficient (Wildman–Crippen LogP) is 18.2. The number of carbonyl (C=O) groups is 4. The molecular weight excluding hydrogens is 1140 g/mol. The van der Waals surface area contributed by atoms with E-state index in [0.29, 0.717) is 31.6 Å². The molecule has 6 atom stereocenters. The van der Waals surface area contributed by atoms with Crippen molar-refractivity contribution in [2.24, 2.45) is 17.8 Å². The SMILES string of the molecule is CCCCCC/C=C\C=C/CCCCCCCC(=O)OC[C@H](COP(=O)(O)OCC(O)COP(=O)(O)OC[C@@H](COC(=O)CCCCCCCCCCC(C)C)OC(=O)CCCCCCCCC(C)CC)OC(=O)CCCCCCCCCC(C)C. The molecule has 0 spiro atoms. The number of unbranched alkanes of at least 4 members (excludes halogenated alkanes) is 27. The maximum Gasteiger partial charge on any atom is 0.472 e. The van der Waals surface area contributed by atoms with Gasteiger partial charge in [-0.2, -0.15) is 0 Å². The minimum absolute atomic E-state index is 0.0959. The van der Waals surface area contributed by atoms with Crippen LogP contribution in [0, 0.1) is 17.8 Å². The molecule has 0 radical (unpaired) electrons. The van der Waals surface area contributed by atoms with Gasteiger partial charge in [-0.1, -0.05) is 253 Å².